The molecule has 0 amide bonds. The molecule has 1 heterocycles. The van der Waals surface area contributed by atoms with Crippen LogP contribution in [-0.2, 0) is 29.1 Å². The number of hydrogen-bond acceptors (Lipinski definition) is 6. The van der Waals surface area contributed by atoms with Gasteiger partial charge in [-0.05, 0) is 49.5 Å². The average Bonchev–Trinajstić information content (AvgIpc) is 2.97. The third kappa shape index (κ3) is 9.74. The Morgan fingerprint density at radius 2 is 1.44 bits per heavy atom. The molecule has 0 aliphatic carbocycles. The van der Waals surface area contributed by atoms with Crippen LogP contribution >= 0.6 is 0 Å². The van der Waals surface area contributed by atoms with E-state index in [4.69, 9.17) is 29.3 Å². The molecule has 1 aliphatic rings. The monoisotopic (exact) mass is 534 g/mol. The number of nitrogens with zero attached hydrogens (tertiary/aromatic N) is 2. The maximum absolute atomic E-state index is 9.10. The number of likely N-dealkylation sites (tertiary alicyclic amines) is 1. The Labute approximate surface area is 230 Å². The zero-order valence-electron chi connectivity index (χ0n) is 22.7. The molecule has 0 spiro atoms. The van der Waals surface area contributed by atoms with Crippen molar-refractivity contribution in [3.63, 3.8) is 0 Å². The summed E-state index contributed by atoms with van der Waals surface area (Å²) in [4.78, 5) is 23.5. The molecule has 39 heavy (non-hydrogen) atoms. The molecule has 0 aromatic heterocycles. The molecule has 0 radical (unpaired) electrons. The van der Waals surface area contributed by atoms with E-state index in [2.05, 4.69) is 76.5 Å². The van der Waals surface area contributed by atoms with Crippen molar-refractivity contribution in [3.05, 3.63) is 95.6 Å². The lowest BCUT2D eigenvalue weighted by Gasteiger charge is -2.39. The van der Waals surface area contributed by atoms with Crippen LogP contribution in [0.3, 0.4) is 0 Å². The summed E-state index contributed by atoms with van der Waals surface area (Å²) in [5.41, 5.74) is 4.04. The fourth-order valence-electron chi connectivity index (χ4n) is 4.79. The Kier molecular flexibility index (Phi) is 11.8. The number of benzene rings is 3. The van der Waals surface area contributed by atoms with Gasteiger partial charge in [0.1, 0.15) is 11.5 Å². The summed E-state index contributed by atoms with van der Waals surface area (Å²) in [5.74, 6) is -1.90. The molecular formula is C31H38N2O6. The van der Waals surface area contributed by atoms with Gasteiger partial charge in [0.15, 0.2) is 0 Å². The zero-order valence-corrected chi connectivity index (χ0v) is 22.7. The topological polar surface area (TPSA) is 99.5 Å². The first-order valence-electron chi connectivity index (χ1n) is 13.1. The second-order valence-electron chi connectivity index (χ2n) is 9.49. The number of ether oxygens (including phenoxy) is 2. The molecule has 208 valence electrons. The minimum atomic E-state index is -1.82. The van der Waals surface area contributed by atoms with Crippen LogP contribution in [0.15, 0.2) is 78.9 Å². The van der Waals surface area contributed by atoms with Gasteiger partial charge in [0, 0.05) is 37.3 Å². The first-order chi connectivity index (χ1) is 18.9. The number of hydrogen-bond donors (Lipinski definition) is 2. The van der Waals surface area contributed by atoms with E-state index >= 15 is 0 Å². The van der Waals surface area contributed by atoms with Crippen molar-refractivity contribution in [2.24, 2.45) is 0 Å². The Morgan fingerprint density at radius 3 is 1.97 bits per heavy atom. The Bertz CT molecular complexity index is 1150. The summed E-state index contributed by atoms with van der Waals surface area (Å²) < 4.78 is 11.0. The van der Waals surface area contributed by atoms with Crippen molar-refractivity contribution in [2.45, 2.75) is 38.4 Å². The smallest absolute Gasteiger partial charge is 0.414 e. The highest BCUT2D eigenvalue weighted by molar-refractivity contribution is 6.27. The molecule has 8 heteroatoms. The van der Waals surface area contributed by atoms with Gasteiger partial charge in [-0.25, -0.2) is 9.59 Å². The minimum Gasteiger partial charge on any atom is -0.497 e. The van der Waals surface area contributed by atoms with Crippen molar-refractivity contribution in [3.8, 4) is 11.5 Å². The van der Waals surface area contributed by atoms with Crippen LogP contribution < -0.4 is 9.47 Å². The molecule has 3 aromatic carbocycles. The lowest BCUT2D eigenvalue weighted by Crippen LogP contribution is -2.45. The molecule has 8 nitrogen and oxygen atoms in total. The first-order valence-corrected chi connectivity index (χ1v) is 13.1. The first kappa shape index (κ1) is 29.7. The molecule has 0 atom stereocenters. The van der Waals surface area contributed by atoms with Gasteiger partial charge in [0.2, 0.25) is 0 Å². The third-order valence-electron chi connectivity index (χ3n) is 6.90. The van der Waals surface area contributed by atoms with Crippen molar-refractivity contribution in [1.82, 2.24) is 9.80 Å². The summed E-state index contributed by atoms with van der Waals surface area (Å²) in [6, 6.07) is 28.5. The fraction of sp³-hybridized carbons (Fsp3) is 0.355. The van der Waals surface area contributed by atoms with E-state index in [9.17, 15) is 0 Å². The van der Waals surface area contributed by atoms with Crippen molar-refractivity contribution >= 4 is 11.9 Å². The quantitative estimate of drug-likeness (QED) is 0.365. The Balaban J connectivity index is 0.000000631. The molecule has 0 unspecified atom stereocenters. The molecule has 1 saturated heterocycles. The van der Waals surface area contributed by atoms with Gasteiger partial charge in [-0.3, -0.25) is 9.80 Å². The maximum Gasteiger partial charge on any atom is 0.414 e. The predicted octanol–water partition coefficient (Wildman–Crippen LogP) is 4.57. The molecule has 1 fully saturated rings. The highest BCUT2D eigenvalue weighted by Gasteiger charge is 2.25. The Hall–Kier alpha value is -3.88. The van der Waals surface area contributed by atoms with E-state index in [-0.39, 0.29) is 0 Å². The van der Waals surface area contributed by atoms with E-state index in [0.29, 0.717) is 6.04 Å². The molecule has 4 rings (SSSR count). The minimum absolute atomic E-state index is 0.614. The summed E-state index contributed by atoms with van der Waals surface area (Å²) in [5, 5.41) is 14.8. The summed E-state index contributed by atoms with van der Waals surface area (Å²) in [6.45, 7) is 5.25. The number of piperidine rings is 1. The number of methoxy groups -OCH3 is 2. The predicted molar refractivity (Wildman–Crippen MR) is 150 cm³/mol. The van der Waals surface area contributed by atoms with Crippen molar-refractivity contribution in [1.29, 1.82) is 0 Å². The third-order valence-corrected chi connectivity index (χ3v) is 6.90. The summed E-state index contributed by atoms with van der Waals surface area (Å²) in [6.07, 6.45) is 3.48. The van der Waals surface area contributed by atoms with Gasteiger partial charge >= 0.3 is 11.9 Å². The van der Waals surface area contributed by atoms with E-state index in [1.54, 1.807) is 14.2 Å². The van der Waals surface area contributed by atoms with Crippen molar-refractivity contribution < 1.29 is 29.3 Å². The standard InChI is InChI=1S/C29H36N2O2.C2H2O4/c1-32-28-14-13-26(29(21-28)33-2)23-30-18-16-27(17-19-30)31(22-25-11-7-4-8-12-25)20-15-24-9-5-3-6-10-24;3-1(4)2(5)6/h3-14,21,27H,15-20,22-23H2,1-2H3;(H,3,4)(H,5,6). The van der Waals surface area contributed by atoms with Gasteiger partial charge < -0.3 is 19.7 Å². The number of rotatable bonds is 10. The summed E-state index contributed by atoms with van der Waals surface area (Å²) in [7, 11) is 3.43. The number of carbonyl (C=O) groups is 2. The lowest BCUT2D eigenvalue weighted by atomic mass is 10.00. The van der Waals surface area contributed by atoms with Gasteiger partial charge in [0.05, 0.1) is 14.2 Å². The lowest BCUT2D eigenvalue weighted by molar-refractivity contribution is -0.159. The molecular weight excluding hydrogens is 496 g/mol. The molecule has 0 saturated carbocycles. The van der Waals surface area contributed by atoms with Crippen LogP contribution in [0.2, 0.25) is 0 Å². The largest absolute Gasteiger partial charge is 0.497 e. The van der Waals surface area contributed by atoms with Crippen LogP contribution in [0.1, 0.15) is 29.5 Å². The average molecular weight is 535 g/mol. The SMILES string of the molecule is COc1ccc(CN2CCC(N(CCc3ccccc3)Cc3ccccc3)CC2)c(OC)c1.O=C(O)C(=O)O. The van der Waals surface area contributed by atoms with Crippen LogP contribution in [0.5, 0.6) is 11.5 Å². The van der Waals surface area contributed by atoms with Crippen molar-refractivity contribution in [2.75, 3.05) is 33.9 Å². The van der Waals surface area contributed by atoms with Gasteiger partial charge in [-0.2, -0.15) is 0 Å². The fourth-order valence-corrected chi connectivity index (χ4v) is 4.79. The van der Waals surface area contributed by atoms with Gasteiger partial charge in [0.25, 0.3) is 0 Å². The second-order valence-corrected chi connectivity index (χ2v) is 9.49. The molecule has 2 N–H and O–H groups in total. The maximum atomic E-state index is 9.10. The van der Waals surface area contributed by atoms with E-state index in [1.165, 1.54) is 29.5 Å². The number of carboxylic acid groups (broad SMARTS) is 2. The summed E-state index contributed by atoms with van der Waals surface area (Å²) >= 11 is 0. The number of aliphatic carboxylic acids is 2. The highest BCUT2D eigenvalue weighted by atomic mass is 16.5. The Morgan fingerprint density at radius 1 is 0.846 bits per heavy atom. The van der Waals surface area contributed by atoms with E-state index in [1.807, 2.05) is 12.1 Å². The van der Waals surface area contributed by atoms with Crippen LogP contribution in [0.4, 0.5) is 0 Å². The number of carboxylic acids is 2. The van der Waals surface area contributed by atoms with Crippen LogP contribution in [-0.4, -0.2) is 71.8 Å². The van der Waals surface area contributed by atoms with Gasteiger partial charge in [-0.15, -0.1) is 0 Å². The molecule has 1 aliphatic heterocycles. The van der Waals surface area contributed by atoms with E-state index < -0.39 is 11.9 Å². The zero-order chi connectivity index (χ0) is 28.0. The van der Waals surface area contributed by atoms with Crippen LogP contribution in [0, 0.1) is 0 Å². The highest BCUT2D eigenvalue weighted by Crippen LogP contribution is 2.27. The normalized spacial score (nSPS) is 13.8. The van der Waals surface area contributed by atoms with Gasteiger partial charge in [-0.1, -0.05) is 66.7 Å². The molecule has 3 aromatic rings. The second kappa shape index (κ2) is 15.5. The van der Waals surface area contributed by atoms with Crippen LogP contribution in [0.25, 0.3) is 0 Å². The molecule has 0 bridgehead atoms. The van der Waals surface area contributed by atoms with E-state index in [0.717, 1.165) is 50.6 Å².